The average molecular weight is 364 g/mol. The van der Waals surface area contributed by atoms with E-state index in [1.54, 1.807) is 4.90 Å². The number of rotatable bonds is 5. The molecule has 0 unspecified atom stereocenters. The third kappa shape index (κ3) is 4.46. The van der Waals surface area contributed by atoms with E-state index in [4.69, 9.17) is 0 Å². The molecule has 1 heterocycles. The quantitative estimate of drug-likeness (QED) is 0.735. The van der Waals surface area contributed by atoms with Gasteiger partial charge < -0.3 is 15.5 Å². The molecule has 1 aliphatic heterocycles. The maximum absolute atomic E-state index is 13.2. The Balaban J connectivity index is 2.18. The number of amides is 3. The first-order valence-corrected chi connectivity index (χ1v) is 9.71. The van der Waals surface area contributed by atoms with Gasteiger partial charge in [0, 0.05) is 25.9 Å². The Hall–Kier alpha value is -1.85. The van der Waals surface area contributed by atoms with Gasteiger partial charge in [-0.25, -0.2) is 0 Å². The molecule has 0 aromatic rings. The number of carbonyl (C=O) groups is 3. The van der Waals surface area contributed by atoms with Gasteiger partial charge in [0.2, 0.25) is 17.7 Å². The van der Waals surface area contributed by atoms with Gasteiger partial charge in [0.05, 0.1) is 0 Å². The predicted octanol–water partition coefficient (Wildman–Crippen LogP) is 2.14. The van der Waals surface area contributed by atoms with E-state index in [1.165, 1.54) is 13.3 Å². The average Bonchev–Trinajstić information content (AvgIpc) is 2.88. The Morgan fingerprint density at radius 3 is 2.35 bits per heavy atom. The van der Waals surface area contributed by atoms with Crippen molar-refractivity contribution in [1.29, 1.82) is 0 Å². The Bertz CT molecular complexity index is 581. The second-order valence-corrected chi connectivity index (χ2v) is 8.36. The first-order valence-electron chi connectivity index (χ1n) is 9.71. The molecule has 0 spiro atoms. The molecule has 1 saturated carbocycles. The molecule has 1 saturated heterocycles. The summed E-state index contributed by atoms with van der Waals surface area (Å²) in [6.45, 7) is 11.4. The van der Waals surface area contributed by atoms with Crippen molar-refractivity contribution in [2.45, 2.75) is 83.8 Å². The van der Waals surface area contributed by atoms with Crippen LogP contribution in [0, 0.1) is 5.92 Å². The topological polar surface area (TPSA) is 78.5 Å². The summed E-state index contributed by atoms with van der Waals surface area (Å²) in [5.41, 5.74) is -0.0815. The minimum Gasteiger partial charge on any atom is -0.351 e. The van der Waals surface area contributed by atoms with Crippen molar-refractivity contribution < 1.29 is 14.4 Å². The molecule has 0 bridgehead atoms. The lowest BCUT2D eigenvalue weighted by molar-refractivity contribution is -0.147. The van der Waals surface area contributed by atoms with Gasteiger partial charge in [0.15, 0.2) is 0 Å². The van der Waals surface area contributed by atoms with Crippen LogP contribution in [0.3, 0.4) is 0 Å². The summed E-state index contributed by atoms with van der Waals surface area (Å²) in [5.74, 6) is -0.633. The van der Waals surface area contributed by atoms with Crippen molar-refractivity contribution in [3.05, 3.63) is 12.2 Å². The second kappa shape index (κ2) is 8.23. The zero-order valence-corrected chi connectivity index (χ0v) is 16.6. The van der Waals surface area contributed by atoms with Gasteiger partial charge in [0.25, 0.3) is 0 Å². The highest BCUT2D eigenvalue weighted by Crippen LogP contribution is 2.34. The van der Waals surface area contributed by atoms with Gasteiger partial charge in [-0.15, -0.1) is 0 Å². The van der Waals surface area contributed by atoms with Crippen molar-refractivity contribution >= 4 is 17.7 Å². The molecule has 6 nitrogen and oxygen atoms in total. The number of carbonyl (C=O) groups excluding carboxylic acids is 3. The standard InChI is InChI=1S/C20H33N3O3/c1-13(2)17(21-15(4)24)18(25)23-12-14(3)11-20(23,5)19(26)22-16-9-7-6-8-10-16/h13,16-17H,3,6-12H2,1-2,4-5H3,(H,21,24)(H,22,26)/t17-,20-/m0/s1. The molecule has 2 N–H and O–H groups in total. The minimum atomic E-state index is -0.947. The summed E-state index contributed by atoms with van der Waals surface area (Å²) in [7, 11) is 0. The minimum absolute atomic E-state index is 0.0640. The molecule has 6 heteroatoms. The number of nitrogens with one attached hydrogen (secondary N) is 2. The third-order valence-electron chi connectivity index (χ3n) is 5.56. The summed E-state index contributed by atoms with van der Waals surface area (Å²) in [6, 6.07) is -0.449. The van der Waals surface area contributed by atoms with Crippen LogP contribution in [0.5, 0.6) is 0 Å². The normalized spacial score (nSPS) is 25.3. The number of nitrogens with zero attached hydrogens (tertiary/aromatic N) is 1. The Morgan fingerprint density at radius 1 is 1.19 bits per heavy atom. The van der Waals surface area contributed by atoms with Crippen LogP contribution in [0.2, 0.25) is 0 Å². The van der Waals surface area contributed by atoms with E-state index in [1.807, 2.05) is 20.8 Å². The first-order chi connectivity index (χ1) is 12.1. The fourth-order valence-corrected chi connectivity index (χ4v) is 4.05. The lowest BCUT2D eigenvalue weighted by atomic mass is 9.91. The zero-order chi connectivity index (χ0) is 19.5. The summed E-state index contributed by atoms with van der Waals surface area (Å²) >= 11 is 0. The maximum Gasteiger partial charge on any atom is 0.246 e. The molecule has 0 aromatic heterocycles. The molecule has 3 amide bonds. The SMILES string of the molecule is C=C1CN(C(=O)[C@@H](NC(C)=O)C(C)C)[C@](C)(C(=O)NC2CCCCC2)C1. The van der Waals surface area contributed by atoms with E-state index in [2.05, 4.69) is 17.2 Å². The lowest BCUT2D eigenvalue weighted by Crippen LogP contribution is -2.61. The molecular formula is C20H33N3O3. The van der Waals surface area contributed by atoms with Gasteiger partial charge in [-0.05, 0) is 25.7 Å². The number of likely N-dealkylation sites (tertiary alicyclic amines) is 1. The molecule has 0 radical (unpaired) electrons. The fourth-order valence-electron chi connectivity index (χ4n) is 4.05. The monoisotopic (exact) mass is 363 g/mol. The summed E-state index contributed by atoms with van der Waals surface area (Å²) in [4.78, 5) is 39.4. The van der Waals surface area contributed by atoms with Crippen LogP contribution in [0.4, 0.5) is 0 Å². The van der Waals surface area contributed by atoms with E-state index in [0.29, 0.717) is 13.0 Å². The summed E-state index contributed by atoms with van der Waals surface area (Å²) in [6.07, 6.45) is 5.94. The van der Waals surface area contributed by atoms with Crippen molar-refractivity contribution in [2.75, 3.05) is 6.54 Å². The highest BCUT2D eigenvalue weighted by atomic mass is 16.2. The predicted molar refractivity (Wildman–Crippen MR) is 101 cm³/mol. The van der Waals surface area contributed by atoms with Gasteiger partial charge in [-0.3, -0.25) is 14.4 Å². The maximum atomic E-state index is 13.2. The second-order valence-electron chi connectivity index (χ2n) is 8.36. The smallest absolute Gasteiger partial charge is 0.246 e. The zero-order valence-electron chi connectivity index (χ0n) is 16.6. The van der Waals surface area contributed by atoms with Gasteiger partial charge >= 0.3 is 0 Å². The molecule has 2 aliphatic rings. The van der Waals surface area contributed by atoms with E-state index < -0.39 is 11.6 Å². The molecule has 26 heavy (non-hydrogen) atoms. The van der Waals surface area contributed by atoms with Crippen molar-refractivity contribution in [3.63, 3.8) is 0 Å². The van der Waals surface area contributed by atoms with E-state index in [9.17, 15) is 14.4 Å². The van der Waals surface area contributed by atoms with Crippen LogP contribution in [-0.2, 0) is 14.4 Å². The van der Waals surface area contributed by atoms with Crippen LogP contribution in [-0.4, -0.2) is 46.8 Å². The van der Waals surface area contributed by atoms with Crippen LogP contribution in [0.25, 0.3) is 0 Å². The first kappa shape index (κ1) is 20.5. The van der Waals surface area contributed by atoms with Crippen molar-refractivity contribution in [3.8, 4) is 0 Å². The molecule has 0 aromatic carbocycles. The van der Waals surface area contributed by atoms with E-state index in [0.717, 1.165) is 31.3 Å². The van der Waals surface area contributed by atoms with Crippen LogP contribution in [0.1, 0.15) is 66.2 Å². The van der Waals surface area contributed by atoms with Gasteiger partial charge in [0.1, 0.15) is 11.6 Å². The molecule has 2 atom stereocenters. The molecule has 2 rings (SSSR count). The van der Waals surface area contributed by atoms with Crippen LogP contribution >= 0.6 is 0 Å². The Labute approximate surface area is 156 Å². The lowest BCUT2D eigenvalue weighted by Gasteiger charge is -2.38. The van der Waals surface area contributed by atoms with Crippen LogP contribution in [0.15, 0.2) is 12.2 Å². The Morgan fingerprint density at radius 2 is 1.81 bits per heavy atom. The van der Waals surface area contributed by atoms with Crippen molar-refractivity contribution in [1.82, 2.24) is 15.5 Å². The summed E-state index contributed by atoms with van der Waals surface area (Å²) in [5, 5.41) is 5.89. The number of hydrogen-bond donors (Lipinski definition) is 2. The summed E-state index contributed by atoms with van der Waals surface area (Å²) < 4.78 is 0. The Kier molecular flexibility index (Phi) is 6.48. The molecule has 146 valence electrons. The van der Waals surface area contributed by atoms with Gasteiger partial charge in [-0.2, -0.15) is 0 Å². The molecule has 1 aliphatic carbocycles. The fraction of sp³-hybridized carbons (Fsp3) is 0.750. The van der Waals surface area contributed by atoms with E-state index in [-0.39, 0.29) is 29.7 Å². The van der Waals surface area contributed by atoms with Gasteiger partial charge in [-0.1, -0.05) is 45.3 Å². The largest absolute Gasteiger partial charge is 0.351 e. The highest BCUT2D eigenvalue weighted by Gasteiger charge is 2.49. The highest BCUT2D eigenvalue weighted by molar-refractivity contribution is 5.95. The number of hydrogen-bond acceptors (Lipinski definition) is 3. The third-order valence-corrected chi connectivity index (χ3v) is 5.56. The molecular weight excluding hydrogens is 330 g/mol. The van der Waals surface area contributed by atoms with Crippen molar-refractivity contribution in [2.24, 2.45) is 5.92 Å². The van der Waals surface area contributed by atoms with E-state index >= 15 is 0 Å². The molecule has 2 fully saturated rings. The van der Waals surface area contributed by atoms with Crippen LogP contribution < -0.4 is 10.6 Å².